The highest BCUT2D eigenvalue weighted by atomic mass is 79.9. The van der Waals surface area contributed by atoms with E-state index in [4.69, 9.17) is 4.74 Å². The summed E-state index contributed by atoms with van der Waals surface area (Å²) in [6.07, 6.45) is 1.76. The van der Waals surface area contributed by atoms with Crippen LogP contribution in [-0.2, 0) is 4.74 Å². The highest BCUT2D eigenvalue weighted by Crippen LogP contribution is 2.31. The Morgan fingerprint density at radius 3 is 2.40 bits per heavy atom. The van der Waals surface area contributed by atoms with Crippen LogP contribution in [0.5, 0.6) is 0 Å². The van der Waals surface area contributed by atoms with Crippen LogP contribution in [0.25, 0.3) is 0 Å². The summed E-state index contributed by atoms with van der Waals surface area (Å²) in [6, 6.07) is 6.58. The lowest BCUT2D eigenvalue weighted by atomic mass is 10.1. The first-order chi connectivity index (χ1) is 9.54. The number of aliphatic hydroxyl groups is 1. The van der Waals surface area contributed by atoms with E-state index < -0.39 is 6.10 Å². The van der Waals surface area contributed by atoms with Crippen LogP contribution in [0.4, 0.5) is 5.69 Å². The van der Waals surface area contributed by atoms with Gasteiger partial charge in [-0.1, -0.05) is 19.9 Å². The first-order valence-electron chi connectivity index (χ1n) is 7.28. The molecule has 0 amide bonds. The van der Waals surface area contributed by atoms with Gasteiger partial charge in [-0.15, -0.1) is 0 Å². The third kappa shape index (κ3) is 4.47. The molecule has 0 aliphatic carbocycles. The number of benzene rings is 1. The molecule has 0 bridgehead atoms. The molecule has 114 valence electrons. The minimum atomic E-state index is -0.444. The van der Waals surface area contributed by atoms with Crippen molar-refractivity contribution in [2.75, 3.05) is 25.2 Å². The van der Waals surface area contributed by atoms with Crippen LogP contribution >= 0.6 is 15.9 Å². The van der Waals surface area contributed by atoms with Crippen molar-refractivity contribution >= 4 is 21.6 Å². The molecule has 0 saturated heterocycles. The smallest absolute Gasteiger partial charge is 0.0762 e. The van der Waals surface area contributed by atoms with E-state index >= 15 is 0 Å². The van der Waals surface area contributed by atoms with E-state index in [0.717, 1.165) is 29.4 Å². The van der Waals surface area contributed by atoms with Gasteiger partial charge in [-0.25, -0.2) is 0 Å². The van der Waals surface area contributed by atoms with Gasteiger partial charge in [-0.3, -0.25) is 0 Å². The fourth-order valence-corrected chi connectivity index (χ4v) is 3.06. The summed E-state index contributed by atoms with van der Waals surface area (Å²) in [5, 5.41) is 9.67. The maximum atomic E-state index is 9.67. The van der Waals surface area contributed by atoms with Crippen LogP contribution in [0.15, 0.2) is 22.7 Å². The normalized spacial score (nSPS) is 12.8. The Morgan fingerprint density at radius 2 is 1.95 bits per heavy atom. The van der Waals surface area contributed by atoms with E-state index in [1.165, 1.54) is 5.69 Å². The number of rotatable bonds is 8. The summed E-state index contributed by atoms with van der Waals surface area (Å²) < 4.78 is 6.26. The van der Waals surface area contributed by atoms with E-state index in [0.29, 0.717) is 12.6 Å². The molecule has 1 aromatic rings. The first kappa shape index (κ1) is 17.5. The molecule has 1 rings (SSSR count). The monoisotopic (exact) mass is 343 g/mol. The van der Waals surface area contributed by atoms with Crippen molar-refractivity contribution in [3.05, 3.63) is 28.2 Å². The zero-order valence-electron chi connectivity index (χ0n) is 12.9. The Kier molecular flexibility index (Phi) is 7.56. The SMILES string of the molecule is CCC(CC)N(CCOC)c1ccc([C@@H](C)O)cc1Br. The Morgan fingerprint density at radius 1 is 1.30 bits per heavy atom. The number of hydrogen-bond donors (Lipinski definition) is 1. The minimum Gasteiger partial charge on any atom is -0.389 e. The van der Waals surface area contributed by atoms with Gasteiger partial charge in [-0.2, -0.15) is 0 Å². The number of aliphatic hydroxyl groups excluding tert-OH is 1. The number of methoxy groups -OCH3 is 1. The molecule has 0 aliphatic heterocycles. The van der Waals surface area contributed by atoms with Gasteiger partial charge < -0.3 is 14.7 Å². The van der Waals surface area contributed by atoms with Crippen LogP contribution in [0.1, 0.15) is 45.3 Å². The maximum Gasteiger partial charge on any atom is 0.0762 e. The topological polar surface area (TPSA) is 32.7 Å². The first-order valence-corrected chi connectivity index (χ1v) is 8.07. The summed E-state index contributed by atoms with van der Waals surface area (Å²) in [5.41, 5.74) is 2.09. The number of hydrogen-bond acceptors (Lipinski definition) is 3. The fourth-order valence-electron chi connectivity index (χ4n) is 2.43. The van der Waals surface area contributed by atoms with Crippen molar-refractivity contribution in [1.29, 1.82) is 0 Å². The summed E-state index contributed by atoms with van der Waals surface area (Å²) in [5.74, 6) is 0. The van der Waals surface area contributed by atoms with Crippen molar-refractivity contribution < 1.29 is 9.84 Å². The van der Waals surface area contributed by atoms with Gasteiger partial charge in [0.2, 0.25) is 0 Å². The third-order valence-corrected chi connectivity index (χ3v) is 4.32. The molecule has 0 radical (unpaired) electrons. The Hall–Kier alpha value is -0.580. The molecule has 0 heterocycles. The second-order valence-electron chi connectivity index (χ2n) is 5.04. The Balaban J connectivity index is 3.06. The molecular formula is C16H26BrNO2. The molecule has 20 heavy (non-hydrogen) atoms. The molecule has 0 unspecified atom stereocenters. The van der Waals surface area contributed by atoms with Crippen LogP contribution in [0.3, 0.4) is 0 Å². The number of ether oxygens (including phenoxy) is 1. The molecule has 1 aromatic carbocycles. The number of anilines is 1. The van der Waals surface area contributed by atoms with Crippen molar-refractivity contribution in [3.8, 4) is 0 Å². The molecule has 4 heteroatoms. The van der Waals surface area contributed by atoms with E-state index in [-0.39, 0.29) is 0 Å². The lowest BCUT2D eigenvalue weighted by Gasteiger charge is -2.33. The van der Waals surface area contributed by atoms with Gasteiger partial charge in [-0.05, 0) is 53.4 Å². The highest BCUT2D eigenvalue weighted by molar-refractivity contribution is 9.10. The molecule has 0 saturated carbocycles. The quantitative estimate of drug-likeness (QED) is 0.769. The van der Waals surface area contributed by atoms with E-state index in [9.17, 15) is 5.11 Å². The predicted octanol–water partition coefficient (Wildman–Crippen LogP) is 4.14. The Bertz CT molecular complexity index is 405. The molecule has 3 nitrogen and oxygen atoms in total. The fraction of sp³-hybridized carbons (Fsp3) is 0.625. The zero-order chi connectivity index (χ0) is 15.1. The highest BCUT2D eigenvalue weighted by Gasteiger charge is 2.18. The third-order valence-electron chi connectivity index (χ3n) is 3.68. The van der Waals surface area contributed by atoms with E-state index in [1.807, 2.05) is 12.1 Å². The summed E-state index contributed by atoms with van der Waals surface area (Å²) in [6.45, 7) is 7.79. The minimum absolute atomic E-state index is 0.444. The van der Waals surface area contributed by atoms with Gasteiger partial charge in [0.15, 0.2) is 0 Å². The molecule has 1 N–H and O–H groups in total. The van der Waals surface area contributed by atoms with Crippen LogP contribution in [0, 0.1) is 0 Å². The largest absolute Gasteiger partial charge is 0.389 e. The van der Waals surface area contributed by atoms with Crippen molar-refractivity contribution in [2.45, 2.75) is 45.8 Å². The maximum absolute atomic E-state index is 9.67. The predicted molar refractivity (Wildman–Crippen MR) is 88.4 cm³/mol. The van der Waals surface area contributed by atoms with E-state index in [1.54, 1.807) is 14.0 Å². The average Bonchev–Trinajstić information content (AvgIpc) is 2.43. The van der Waals surface area contributed by atoms with Gasteiger partial charge >= 0.3 is 0 Å². The molecular weight excluding hydrogens is 318 g/mol. The molecule has 0 aromatic heterocycles. The zero-order valence-corrected chi connectivity index (χ0v) is 14.5. The van der Waals surface area contributed by atoms with Crippen molar-refractivity contribution in [3.63, 3.8) is 0 Å². The average molecular weight is 344 g/mol. The molecule has 0 aliphatic rings. The van der Waals surface area contributed by atoms with Crippen molar-refractivity contribution in [2.24, 2.45) is 0 Å². The molecule has 0 spiro atoms. The second-order valence-corrected chi connectivity index (χ2v) is 5.90. The van der Waals surface area contributed by atoms with Gasteiger partial charge in [0, 0.05) is 24.2 Å². The lowest BCUT2D eigenvalue weighted by Crippen LogP contribution is -2.37. The van der Waals surface area contributed by atoms with Crippen LogP contribution in [-0.4, -0.2) is 31.4 Å². The van der Waals surface area contributed by atoms with Gasteiger partial charge in [0.05, 0.1) is 18.4 Å². The summed E-state index contributed by atoms with van der Waals surface area (Å²) in [4.78, 5) is 2.39. The van der Waals surface area contributed by atoms with Gasteiger partial charge in [0.25, 0.3) is 0 Å². The van der Waals surface area contributed by atoms with E-state index in [2.05, 4.69) is 40.7 Å². The second kappa shape index (κ2) is 8.65. The molecule has 0 fully saturated rings. The number of halogens is 1. The standard InChI is InChI=1S/C16H26BrNO2/c1-5-14(6-2)18(9-10-20-4)16-8-7-13(12(3)19)11-15(16)17/h7-8,11-12,14,19H,5-6,9-10H2,1-4H3/t12-/m1/s1. The Labute approximate surface area is 131 Å². The molecule has 1 atom stereocenters. The summed E-state index contributed by atoms with van der Waals surface area (Å²) >= 11 is 3.64. The lowest BCUT2D eigenvalue weighted by molar-refractivity contribution is 0.199. The van der Waals surface area contributed by atoms with Crippen LogP contribution in [0.2, 0.25) is 0 Å². The van der Waals surface area contributed by atoms with Gasteiger partial charge in [0.1, 0.15) is 0 Å². The number of nitrogens with zero attached hydrogens (tertiary/aromatic N) is 1. The van der Waals surface area contributed by atoms with Crippen molar-refractivity contribution in [1.82, 2.24) is 0 Å². The van der Waals surface area contributed by atoms with Crippen LogP contribution < -0.4 is 4.90 Å². The summed E-state index contributed by atoms with van der Waals surface area (Å²) in [7, 11) is 1.73.